The van der Waals surface area contributed by atoms with Gasteiger partial charge in [-0.05, 0) is 43.5 Å². The molecule has 0 saturated carbocycles. The summed E-state index contributed by atoms with van der Waals surface area (Å²) in [6.07, 6.45) is 4.05. The summed E-state index contributed by atoms with van der Waals surface area (Å²) in [7, 11) is 0. The molecule has 3 heterocycles. The van der Waals surface area contributed by atoms with Gasteiger partial charge in [-0.1, -0.05) is 0 Å². The maximum atomic E-state index is 6.08. The number of thiophene rings is 1. The van der Waals surface area contributed by atoms with Crippen molar-refractivity contribution in [3.63, 3.8) is 0 Å². The highest BCUT2D eigenvalue weighted by molar-refractivity contribution is 7.19. The van der Waals surface area contributed by atoms with Crippen molar-refractivity contribution in [2.24, 2.45) is 5.73 Å². The maximum absolute atomic E-state index is 6.08. The van der Waals surface area contributed by atoms with Crippen LogP contribution in [0.3, 0.4) is 0 Å². The molecule has 1 atom stereocenters. The van der Waals surface area contributed by atoms with E-state index in [1.54, 1.807) is 17.5 Å². The lowest BCUT2D eigenvalue weighted by Gasteiger charge is -2.06. The number of nitrogens with zero attached hydrogens (tertiary/aromatic N) is 4. The first-order chi connectivity index (χ1) is 11.0. The molecule has 0 aromatic carbocycles. The molecule has 0 radical (unpaired) electrons. The Morgan fingerprint density at radius 3 is 2.91 bits per heavy atom. The highest BCUT2D eigenvalue weighted by Gasteiger charge is 2.16. The number of aromatic nitrogens is 4. The Morgan fingerprint density at radius 2 is 2.22 bits per heavy atom. The van der Waals surface area contributed by atoms with E-state index in [0.717, 1.165) is 33.7 Å². The van der Waals surface area contributed by atoms with E-state index in [2.05, 4.69) is 25.3 Å². The molecule has 3 aromatic rings. The number of hydrogen-bond donors (Lipinski definition) is 2. The second-order valence-corrected chi connectivity index (χ2v) is 6.85. The molecule has 0 aliphatic heterocycles. The molecule has 0 aliphatic rings. The van der Waals surface area contributed by atoms with Crippen LogP contribution in [-0.4, -0.2) is 26.0 Å². The summed E-state index contributed by atoms with van der Waals surface area (Å²) in [5.74, 6) is 0.725. The molecule has 120 valence electrons. The van der Waals surface area contributed by atoms with E-state index in [-0.39, 0.29) is 11.3 Å². The van der Waals surface area contributed by atoms with Crippen LogP contribution < -0.4 is 11.1 Å². The zero-order chi connectivity index (χ0) is 16.4. The minimum Gasteiger partial charge on any atom is -0.363 e. The molecule has 0 bridgehead atoms. The molecular weight excluding hydrogens is 332 g/mol. The van der Waals surface area contributed by atoms with E-state index >= 15 is 0 Å². The summed E-state index contributed by atoms with van der Waals surface area (Å²) in [5.41, 5.74) is 8.82. The summed E-state index contributed by atoms with van der Waals surface area (Å²) >= 11 is 7.75. The van der Waals surface area contributed by atoms with E-state index in [9.17, 15) is 0 Å². The molecule has 23 heavy (non-hydrogen) atoms. The van der Waals surface area contributed by atoms with Gasteiger partial charge in [0.2, 0.25) is 5.28 Å². The van der Waals surface area contributed by atoms with Crippen molar-refractivity contribution in [2.75, 3.05) is 5.32 Å². The number of rotatable bonds is 5. The lowest BCUT2D eigenvalue weighted by atomic mass is 10.1. The fraction of sp³-hybridized carbons (Fsp3) is 0.333. The van der Waals surface area contributed by atoms with Crippen LogP contribution in [0.5, 0.6) is 0 Å². The minimum absolute atomic E-state index is 0.0996. The molecular formula is C15H17ClN6S. The molecule has 6 nitrogen and oxygen atoms in total. The van der Waals surface area contributed by atoms with Crippen molar-refractivity contribution < 1.29 is 0 Å². The highest BCUT2D eigenvalue weighted by Crippen LogP contribution is 2.35. The minimum atomic E-state index is 0.0996. The van der Waals surface area contributed by atoms with Gasteiger partial charge in [-0.25, -0.2) is 15.0 Å². The van der Waals surface area contributed by atoms with E-state index in [0.29, 0.717) is 6.54 Å². The van der Waals surface area contributed by atoms with Gasteiger partial charge in [-0.3, -0.25) is 0 Å². The van der Waals surface area contributed by atoms with Crippen LogP contribution in [0.15, 0.2) is 18.6 Å². The predicted octanol–water partition coefficient (Wildman–Crippen LogP) is 2.94. The Balaban J connectivity index is 1.96. The van der Waals surface area contributed by atoms with Gasteiger partial charge >= 0.3 is 0 Å². The molecule has 0 saturated heterocycles. The largest absolute Gasteiger partial charge is 0.363 e. The SMILES string of the molecule is Cc1c(C[C@H](C)N)sc2c(NCc3ccncn3)nc(Cl)nc12. The first-order valence-corrected chi connectivity index (χ1v) is 8.44. The second kappa shape index (κ2) is 6.74. The van der Waals surface area contributed by atoms with E-state index in [1.165, 1.54) is 11.2 Å². The van der Waals surface area contributed by atoms with Gasteiger partial charge in [0.25, 0.3) is 0 Å². The van der Waals surface area contributed by atoms with Crippen LogP contribution in [0.25, 0.3) is 10.2 Å². The predicted molar refractivity (Wildman–Crippen MR) is 93.9 cm³/mol. The van der Waals surface area contributed by atoms with Gasteiger partial charge in [0.1, 0.15) is 12.1 Å². The molecule has 0 amide bonds. The van der Waals surface area contributed by atoms with Crippen LogP contribution in [0.2, 0.25) is 5.28 Å². The van der Waals surface area contributed by atoms with Crippen LogP contribution in [-0.2, 0) is 13.0 Å². The molecule has 0 aliphatic carbocycles. The number of aryl methyl sites for hydroxylation is 1. The number of hydrogen-bond acceptors (Lipinski definition) is 7. The van der Waals surface area contributed by atoms with E-state index in [1.807, 2.05) is 19.9 Å². The number of anilines is 1. The quantitative estimate of drug-likeness (QED) is 0.689. The summed E-state index contributed by atoms with van der Waals surface area (Å²) in [6.45, 7) is 4.59. The van der Waals surface area contributed by atoms with Gasteiger partial charge in [0, 0.05) is 17.1 Å². The zero-order valence-corrected chi connectivity index (χ0v) is 14.4. The van der Waals surface area contributed by atoms with Crippen molar-refractivity contribution in [1.82, 2.24) is 19.9 Å². The monoisotopic (exact) mass is 348 g/mol. The smallest absolute Gasteiger partial charge is 0.224 e. The molecule has 3 aromatic heterocycles. The fourth-order valence-corrected chi connectivity index (χ4v) is 3.83. The van der Waals surface area contributed by atoms with Gasteiger partial charge in [0.05, 0.1) is 22.5 Å². The molecule has 0 fully saturated rings. The van der Waals surface area contributed by atoms with E-state index < -0.39 is 0 Å². The summed E-state index contributed by atoms with van der Waals surface area (Å²) in [6, 6.07) is 1.96. The second-order valence-electron chi connectivity index (χ2n) is 5.40. The van der Waals surface area contributed by atoms with Crippen molar-refractivity contribution in [1.29, 1.82) is 0 Å². The lowest BCUT2D eigenvalue weighted by molar-refractivity contribution is 0.744. The van der Waals surface area contributed by atoms with Crippen molar-refractivity contribution in [3.05, 3.63) is 40.0 Å². The Kier molecular flexibility index (Phi) is 4.70. The summed E-state index contributed by atoms with van der Waals surface area (Å²) in [5, 5.41) is 3.52. The third-order valence-electron chi connectivity index (χ3n) is 3.42. The summed E-state index contributed by atoms with van der Waals surface area (Å²) in [4.78, 5) is 18.0. The third-order valence-corrected chi connectivity index (χ3v) is 4.90. The van der Waals surface area contributed by atoms with Crippen LogP contribution in [0.1, 0.15) is 23.1 Å². The molecule has 8 heteroatoms. The first kappa shape index (κ1) is 16.0. The Morgan fingerprint density at radius 1 is 1.39 bits per heavy atom. The van der Waals surface area contributed by atoms with Crippen molar-refractivity contribution in [2.45, 2.75) is 32.9 Å². The highest BCUT2D eigenvalue weighted by atomic mass is 35.5. The summed E-state index contributed by atoms with van der Waals surface area (Å²) < 4.78 is 0.997. The van der Waals surface area contributed by atoms with Crippen LogP contribution in [0, 0.1) is 6.92 Å². The average Bonchev–Trinajstić information content (AvgIpc) is 2.82. The number of nitrogens with two attached hydrogens (primary N) is 1. The normalized spacial score (nSPS) is 12.5. The maximum Gasteiger partial charge on any atom is 0.224 e. The lowest BCUT2D eigenvalue weighted by Crippen LogP contribution is -2.17. The molecule has 3 rings (SSSR count). The fourth-order valence-electron chi connectivity index (χ4n) is 2.31. The zero-order valence-electron chi connectivity index (χ0n) is 12.9. The molecule has 0 unspecified atom stereocenters. The standard InChI is InChI=1S/C15H17ClN6S/c1-8(17)5-11-9(2)12-13(23-11)14(22-15(16)21-12)19-6-10-3-4-18-7-20-10/h3-4,7-8H,5-6,17H2,1-2H3,(H,19,21,22)/t8-/m0/s1. The van der Waals surface area contributed by atoms with Gasteiger partial charge in [-0.15, -0.1) is 11.3 Å². The molecule has 0 spiro atoms. The Labute approximate surface area is 143 Å². The average molecular weight is 349 g/mol. The molecule has 3 N–H and O–H groups in total. The van der Waals surface area contributed by atoms with Gasteiger partial charge < -0.3 is 11.1 Å². The third kappa shape index (κ3) is 3.57. The Hall–Kier alpha value is -1.83. The first-order valence-electron chi connectivity index (χ1n) is 7.24. The number of fused-ring (bicyclic) bond motifs is 1. The van der Waals surface area contributed by atoms with Gasteiger partial charge in [-0.2, -0.15) is 4.98 Å². The van der Waals surface area contributed by atoms with E-state index in [4.69, 9.17) is 17.3 Å². The topological polar surface area (TPSA) is 89.6 Å². The van der Waals surface area contributed by atoms with Crippen LogP contribution >= 0.6 is 22.9 Å². The van der Waals surface area contributed by atoms with Crippen molar-refractivity contribution >= 4 is 39.0 Å². The van der Waals surface area contributed by atoms with Crippen LogP contribution in [0.4, 0.5) is 5.82 Å². The number of nitrogens with one attached hydrogen (secondary N) is 1. The number of halogens is 1. The Bertz CT molecular complexity index is 818. The van der Waals surface area contributed by atoms with Gasteiger partial charge in [0.15, 0.2) is 0 Å². The van der Waals surface area contributed by atoms with Crippen molar-refractivity contribution in [3.8, 4) is 0 Å².